The Kier molecular flexibility index (Phi) is 6.36. The van der Waals surface area contributed by atoms with Gasteiger partial charge in [0.05, 0.1) is 14.2 Å². The molecular weight excluding hydrogens is 230 g/mol. The van der Waals surface area contributed by atoms with Gasteiger partial charge < -0.3 is 19.5 Å². The van der Waals surface area contributed by atoms with Crippen LogP contribution < -0.4 is 19.5 Å². The SMILES string of the molecule is CCNC(CC)COc1cc(OC)cc(OC)c1. The summed E-state index contributed by atoms with van der Waals surface area (Å²) in [4.78, 5) is 0. The molecule has 0 bridgehead atoms. The zero-order chi connectivity index (χ0) is 13.4. The average molecular weight is 253 g/mol. The van der Waals surface area contributed by atoms with E-state index in [1.54, 1.807) is 14.2 Å². The first-order valence-corrected chi connectivity index (χ1v) is 6.32. The van der Waals surface area contributed by atoms with Crippen LogP contribution >= 0.6 is 0 Å². The summed E-state index contributed by atoms with van der Waals surface area (Å²) in [6.07, 6.45) is 1.04. The molecular formula is C14H23NO3. The molecule has 102 valence electrons. The van der Waals surface area contributed by atoms with E-state index < -0.39 is 0 Å². The molecule has 0 saturated carbocycles. The topological polar surface area (TPSA) is 39.7 Å². The third-order valence-corrected chi connectivity index (χ3v) is 2.76. The van der Waals surface area contributed by atoms with Gasteiger partial charge in [0, 0.05) is 24.2 Å². The Labute approximate surface area is 109 Å². The Morgan fingerprint density at radius 1 is 1.00 bits per heavy atom. The lowest BCUT2D eigenvalue weighted by Gasteiger charge is -2.17. The second-order valence-electron chi connectivity index (χ2n) is 4.02. The Bertz CT molecular complexity index is 333. The molecule has 0 saturated heterocycles. The van der Waals surface area contributed by atoms with Crippen LogP contribution in [0.25, 0.3) is 0 Å². The number of nitrogens with one attached hydrogen (secondary N) is 1. The quantitative estimate of drug-likeness (QED) is 0.772. The highest BCUT2D eigenvalue weighted by atomic mass is 16.5. The van der Waals surface area contributed by atoms with Crippen molar-refractivity contribution in [3.63, 3.8) is 0 Å². The number of methoxy groups -OCH3 is 2. The molecule has 1 atom stereocenters. The van der Waals surface area contributed by atoms with E-state index in [9.17, 15) is 0 Å². The first-order chi connectivity index (χ1) is 8.73. The second-order valence-corrected chi connectivity index (χ2v) is 4.02. The first kappa shape index (κ1) is 14.6. The molecule has 1 N–H and O–H groups in total. The maximum Gasteiger partial charge on any atom is 0.126 e. The highest BCUT2D eigenvalue weighted by molar-refractivity contribution is 5.41. The Morgan fingerprint density at radius 2 is 1.56 bits per heavy atom. The predicted octanol–water partition coefficient (Wildman–Crippen LogP) is 2.47. The fourth-order valence-electron chi connectivity index (χ4n) is 1.67. The highest BCUT2D eigenvalue weighted by Gasteiger charge is 2.07. The third-order valence-electron chi connectivity index (χ3n) is 2.76. The molecule has 0 amide bonds. The molecule has 0 aliphatic carbocycles. The van der Waals surface area contributed by atoms with Crippen LogP contribution in [0, 0.1) is 0 Å². The lowest BCUT2D eigenvalue weighted by molar-refractivity contribution is 0.259. The number of hydrogen-bond acceptors (Lipinski definition) is 4. The molecule has 4 heteroatoms. The van der Waals surface area contributed by atoms with Crippen molar-refractivity contribution in [1.29, 1.82) is 0 Å². The number of likely N-dealkylation sites (N-methyl/N-ethyl adjacent to an activating group) is 1. The zero-order valence-corrected chi connectivity index (χ0v) is 11.7. The molecule has 1 unspecified atom stereocenters. The van der Waals surface area contributed by atoms with Crippen LogP contribution in [0.5, 0.6) is 17.2 Å². The van der Waals surface area contributed by atoms with Gasteiger partial charge in [-0.3, -0.25) is 0 Å². The van der Waals surface area contributed by atoms with Gasteiger partial charge >= 0.3 is 0 Å². The fourth-order valence-corrected chi connectivity index (χ4v) is 1.67. The van der Waals surface area contributed by atoms with Crippen LogP contribution in [-0.4, -0.2) is 33.4 Å². The van der Waals surface area contributed by atoms with Crippen molar-refractivity contribution in [3.05, 3.63) is 18.2 Å². The monoisotopic (exact) mass is 253 g/mol. The van der Waals surface area contributed by atoms with E-state index in [1.807, 2.05) is 18.2 Å². The van der Waals surface area contributed by atoms with Crippen molar-refractivity contribution in [2.24, 2.45) is 0 Å². The van der Waals surface area contributed by atoms with Gasteiger partial charge in [-0.25, -0.2) is 0 Å². The summed E-state index contributed by atoms with van der Waals surface area (Å²) in [5, 5.41) is 3.37. The second kappa shape index (κ2) is 7.82. The van der Waals surface area contributed by atoms with Crippen molar-refractivity contribution in [1.82, 2.24) is 5.32 Å². The van der Waals surface area contributed by atoms with Gasteiger partial charge in [-0.2, -0.15) is 0 Å². The van der Waals surface area contributed by atoms with Crippen molar-refractivity contribution in [2.75, 3.05) is 27.4 Å². The molecule has 0 radical (unpaired) electrons. The van der Waals surface area contributed by atoms with E-state index in [0.717, 1.165) is 30.2 Å². The summed E-state index contributed by atoms with van der Waals surface area (Å²) in [5.41, 5.74) is 0. The lowest BCUT2D eigenvalue weighted by Crippen LogP contribution is -2.33. The van der Waals surface area contributed by atoms with Crippen LogP contribution in [0.2, 0.25) is 0 Å². The minimum atomic E-state index is 0.368. The predicted molar refractivity (Wildman–Crippen MR) is 72.8 cm³/mol. The molecule has 0 aliphatic rings. The average Bonchev–Trinajstić information content (AvgIpc) is 2.42. The number of hydrogen-bond donors (Lipinski definition) is 1. The van der Waals surface area contributed by atoms with E-state index in [2.05, 4.69) is 19.2 Å². The van der Waals surface area contributed by atoms with Gasteiger partial charge in [-0.1, -0.05) is 13.8 Å². The number of ether oxygens (including phenoxy) is 3. The van der Waals surface area contributed by atoms with Gasteiger partial charge in [0.1, 0.15) is 23.9 Å². The lowest BCUT2D eigenvalue weighted by atomic mass is 10.2. The Hall–Kier alpha value is -1.42. The van der Waals surface area contributed by atoms with Gasteiger partial charge in [0.2, 0.25) is 0 Å². The van der Waals surface area contributed by atoms with Crippen LogP contribution in [-0.2, 0) is 0 Å². The van der Waals surface area contributed by atoms with Crippen molar-refractivity contribution in [3.8, 4) is 17.2 Å². The van der Waals surface area contributed by atoms with E-state index >= 15 is 0 Å². The van der Waals surface area contributed by atoms with Crippen LogP contribution in [0.3, 0.4) is 0 Å². The Balaban J connectivity index is 2.65. The smallest absolute Gasteiger partial charge is 0.126 e. The molecule has 0 fully saturated rings. The molecule has 1 rings (SSSR count). The fraction of sp³-hybridized carbons (Fsp3) is 0.571. The maximum absolute atomic E-state index is 5.77. The number of rotatable bonds is 8. The molecule has 1 aromatic carbocycles. The minimum Gasteiger partial charge on any atom is -0.496 e. The third kappa shape index (κ3) is 4.45. The van der Waals surface area contributed by atoms with Crippen LogP contribution in [0.15, 0.2) is 18.2 Å². The normalized spacial score (nSPS) is 12.0. The van der Waals surface area contributed by atoms with E-state index in [1.165, 1.54) is 0 Å². The standard InChI is InChI=1S/C14H23NO3/c1-5-11(15-6-2)10-18-14-8-12(16-3)7-13(9-14)17-4/h7-9,11,15H,5-6,10H2,1-4H3. The van der Waals surface area contributed by atoms with Crippen LogP contribution in [0.1, 0.15) is 20.3 Å². The highest BCUT2D eigenvalue weighted by Crippen LogP contribution is 2.27. The van der Waals surface area contributed by atoms with Crippen molar-refractivity contribution >= 4 is 0 Å². The molecule has 18 heavy (non-hydrogen) atoms. The maximum atomic E-state index is 5.77. The van der Waals surface area contributed by atoms with E-state index in [4.69, 9.17) is 14.2 Å². The molecule has 0 aliphatic heterocycles. The largest absolute Gasteiger partial charge is 0.496 e. The first-order valence-electron chi connectivity index (χ1n) is 6.32. The van der Waals surface area contributed by atoms with Gasteiger partial charge in [0.15, 0.2) is 0 Å². The molecule has 4 nitrogen and oxygen atoms in total. The molecule has 0 heterocycles. The minimum absolute atomic E-state index is 0.368. The van der Waals surface area contributed by atoms with Crippen molar-refractivity contribution in [2.45, 2.75) is 26.3 Å². The van der Waals surface area contributed by atoms with Crippen molar-refractivity contribution < 1.29 is 14.2 Å². The van der Waals surface area contributed by atoms with E-state index in [-0.39, 0.29) is 0 Å². The summed E-state index contributed by atoms with van der Waals surface area (Å²) < 4.78 is 16.2. The summed E-state index contributed by atoms with van der Waals surface area (Å²) >= 11 is 0. The molecule has 0 aromatic heterocycles. The summed E-state index contributed by atoms with van der Waals surface area (Å²) in [6, 6.07) is 5.92. The Morgan fingerprint density at radius 3 is 2.00 bits per heavy atom. The van der Waals surface area contributed by atoms with Gasteiger partial charge in [0.25, 0.3) is 0 Å². The molecule has 0 spiro atoms. The molecule has 1 aromatic rings. The summed E-state index contributed by atoms with van der Waals surface area (Å²) in [6.45, 7) is 5.82. The van der Waals surface area contributed by atoms with Crippen LogP contribution in [0.4, 0.5) is 0 Å². The zero-order valence-electron chi connectivity index (χ0n) is 11.7. The van der Waals surface area contributed by atoms with E-state index in [0.29, 0.717) is 12.6 Å². The summed E-state index contributed by atoms with van der Waals surface area (Å²) in [5.74, 6) is 2.24. The van der Waals surface area contributed by atoms with Gasteiger partial charge in [-0.15, -0.1) is 0 Å². The summed E-state index contributed by atoms with van der Waals surface area (Å²) in [7, 11) is 3.26. The van der Waals surface area contributed by atoms with Gasteiger partial charge in [-0.05, 0) is 13.0 Å². The number of benzene rings is 1.